The van der Waals surface area contributed by atoms with E-state index >= 15 is 0 Å². The van der Waals surface area contributed by atoms with Gasteiger partial charge in [-0.15, -0.1) is 0 Å². The Kier molecular flexibility index (Phi) is 13.1. The summed E-state index contributed by atoms with van der Waals surface area (Å²) >= 11 is 0. The van der Waals surface area contributed by atoms with E-state index in [9.17, 15) is 4.79 Å². The second kappa shape index (κ2) is 16.0. The summed E-state index contributed by atoms with van der Waals surface area (Å²) in [6.07, 6.45) is 5.95. The highest BCUT2D eigenvalue weighted by Crippen LogP contribution is 2.25. The standard InChI is InChI=1S/C25H34N4O2.C5H12/c1-19(25(30)29-13-15-31-16-14-29)17-20(2)27-24(22-11-7-8-12-23(22)26)28(3)18-21-9-5-4-6-10-21;1-3-5-4-2/h4-12,17,19,24,27H,13-16,18,26H2,1-3H3;3-5H2,1-2H3/b20-17+;. The number of para-hydroxylation sites is 1. The summed E-state index contributed by atoms with van der Waals surface area (Å²) in [6.45, 7) is 11.7. The first-order chi connectivity index (χ1) is 17.4. The Labute approximate surface area is 218 Å². The average molecular weight is 495 g/mol. The zero-order valence-electron chi connectivity index (χ0n) is 22.9. The van der Waals surface area contributed by atoms with Crippen LogP contribution >= 0.6 is 0 Å². The van der Waals surface area contributed by atoms with Crippen LogP contribution in [0.1, 0.15) is 64.3 Å². The van der Waals surface area contributed by atoms with Crippen LogP contribution in [0, 0.1) is 5.92 Å². The fourth-order valence-corrected chi connectivity index (χ4v) is 4.28. The molecule has 6 heteroatoms. The van der Waals surface area contributed by atoms with Crippen molar-refractivity contribution in [3.8, 4) is 0 Å². The lowest BCUT2D eigenvalue weighted by atomic mass is 10.1. The van der Waals surface area contributed by atoms with Gasteiger partial charge in [-0.2, -0.15) is 0 Å². The molecule has 2 atom stereocenters. The normalized spacial score (nSPS) is 15.6. The second-order valence-electron chi connectivity index (χ2n) is 9.51. The van der Waals surface area contributed by atoms with Gasteiger partial charge in [-0.25, -0.2) is 0 Å². The smallest absolute Gasteiger partial charge is 0.229 e. The summed E-state index contributed by atoms with van der Waals surface area (Å²) in [6, 6.07) is 18.3. The van der Waals surface area contributed by atoms with Crippen molar-refractivity contribution < 1.29 is 9.53 Å². The zero-order valence-corrected chi connectivity index (χ0v) is 22.9. The van der Waals surface area contributed by atoms with Crippen LogP contribution < -0.4 is 11.1 Å². The molecule has 0 aromatic heterocycles. The third-order valence-corrected chi connectivity index (χ3v) is 6.29. The lowest BCUT2D eigenvalue weighted by Gasteiger charge is -2.32. The van der Waals surface area contributed by atoms with Crippen molar-refractivity contribution in [2.24, 2.45) is 5.92 Å². The number of amides is 1. The summed E-state index contributed by atoms with van der Waals surface area (Å²) in [5, 5.41) is 3.59. The molecule has 0 radical (unpaired) electrons. The minimum absolute atomic E-state index is 0.122. The van der Waals surface area contributed by atoms with Gasteiger partial charge in [0.15, 0.2) is 0 Å². The van der Waals surface area contributed by atoms with Crippen molar-refractivity contribution in [1.29, 1.82) is 0 Å². The Hall–Kier alpha value is -2.83. The summed E-state index contributed by atoms with van der Waals surface area (Å²) in [5.41, 5.74) is 10.2. The minimum atomic E-state index is -0.209. The molecule has 1 aliphatic rings. The van der Waals surface area contributed by atoms with E-state index in [1.807, 2.05) is 67.3 Å². The summed E-state index contributed by atoms with van der Waals surface area (Å²) < 4.78 is 5.36. The Morgan fingerprint density at radius 2 is 1.69 bits per heavy atom. The number of carbonyl (C=O) groups excluding carboxylic acids is 1. The van der Waals surface area contributed by atoms with E-state index in [0.717, 1.165) is 23.5 Å². The van der Waals surface area contributed by atoms with Crippen molar-refractivity contribution in [3.63, 3.8) is 0 Å². The largest absolute Gasteiger partial charge is 0.398 e. The number of nitrogens with one attached hydrogen (secondary N) is 1. The number of anilines is 1. The molecule has 0 saturated carbocycles. The second-order valence-corrected chi connectivity index (χ2v) is 9.51. The lowest BCUT2D eigenvalue weighted by Crippen LogP contribution is -2.43. The SMILES string of the molecule is C/C(=C\C(C)C(=O)N1CCOCC1)NC(c1ccccc1N)N(C)Cc1ccccc1.CCCCC. The first-order valence-corrected chi connectivity index (χ1v) is 13.3. The van der Waals surface area contributed by atoms with Crippen LogP contribution in [0.25, 0.3) is 0 Å². The summed E-state index contributed by atoms with van der Waals surface area (Å²) in [5.74, 6) is -0.0725. The number of nitrogens with two attached hydrogens (primary N) is 1. The van der Waals surface area contributed by atoms with Gasteiger partial charge in [0.1, 0.15) is 6.17 Å². The monoisotopic (exact) mass is 494 g/mol. The molecule has 198 valence electrons. The molecular weight excluding hydrogens is 448 g/mol. The number of hydrogen-bond donors (Lipinski definition) is 2. The van der Waals surface area contributed by atoms with Gasteiger partial charge >= 0.3 is 0 Å². The fraction of sp³-hybridized carbons (Fsp3) is 0.500. The van der Waals surface area contributed by atoms with Crippen molar-refractivity contribution in [3.05, 3.63) is 77.5 Å². The van der Waals surface area contributed by atoms with Gasteiger partial charge in [0.05, 0.1) is 19.1 Å². The third-order valence-electron chi connectivity index (χ3n) is 6.29. The van der Waals surface area contributed by atoms with E-state index in [1.54, 1.807) is 0 Å². The van der Waals surface area contributed by atoms with Crippen LogP contribution in [0.4, 0.5) is 5.69 Å². The lowest BCUT2D eigenvalue weighted by molar-refractivity contribution is -0.137. The molecule has 0 spiro atoms. The molecule has 3 N–H and O–H groups in total. The van der Waals surface area contributed by atoms with Gasteiger partial charge in [-0.3, -0.25) is 9.69 Å². The number of benzene rings is 2. The van der Waals surface area contributed by atoms with Crippen LogP contribution in [0.2, 0.25) is 0 Å². The molecule has 6 nitrogen and oxygen atoms in total. The highest BCUT2D eigenvalue weighted by Gasteiger charge is 2.23. The topological polar surface area (TPSA) is 70.8 Å². The number of nitrogens with zero attached hydrogens (tertiary/aromatic N) is 2. The predicted octanol–water partition coefficient (Wildman–Crippen LogP) is 5.58. The maximum absolute atomic E-state index is 12.8. The molecule has 3 rings (SSSR count). The first-order valence-electron chi connectivity index (χ1n) is 13.3. The molecule has 1 saturated heterocycles. The molecule has 0 bridgehead atoms. The number of hydrogen-bond acceptors (Lipinski definition) is 5. The van der Waals surface area contributed by atoms with Crippen LogP contribution in [-0.4, -0.2) is 49.1 Å². The molecule has 1 heterocycles. The summed E-state index contributed by atoms with van der Waals surface area (Å²) in [7, 11) is 2.08. The minimum Gasteiger partial charge on any atom is -0.398 e. The van der Waals surface area contributed by atoms with Crippen LogP contribution in [-0.2, 0) is 16.1 Å². The average Bonchev–Trinajstić information content (AvgIpc) is 2.89. The van der Waals surface area contributed by atoms with Crippen molar-refractivity contribution in [1.82, 2.24) is 15.1 Å². The number of ether oxygens (including phenoxy) is 1. The van der Waals surface area contributed by atoms with Crippen molar-refractivity contribution >= 4 is 11.6 Å². The highest BCUT2D eigenvalue weighted by atomic mass is 16.5. The van der Waals surface area contributed by atoms with Crippen molar-refractivity contribution in [2.75, 3.05) is 39.1 Å². The Morgan fingerprint density at radius 1 is 1.08 bits per heavy atom. The fourth-order valence-electron chi connectivity index (χ4n) is 4.28. The van der Waals surface area contributed by atoms with Gasteiger partial charge < -0.3 is 20.7 Å². The van der Waals surface area contributed by atoms with E-state index < -0.39 is 0 Å². The van der Waals surface area contributed by atoms with E-state index in [0.29, 0.717) is 26.3 Å². The molecular formula is C30H46N4O2. The third kappa shape index (κ3) is 9.67. The quantitative estimate of drug-likeness (QED) is 0.333. The first kappa shape index (κ1) is 29.4. The van der Waals surface area contributed by atoms with Gasteiger partial charge in [0, 0.05) is 36.6 Å². The molecule has 36 heavy (non-hydrogen) atoms. The van der Waals surface area contributed by atoms with Crippen LogP contribution in [0.15, 0.2) is 66.4 Å². The molecule has 1 fully saturated rings. The Balaban J connectivity index is 0.000000830. The maximum atomic E-state index is 12.8. The predicted molar refractivity (Wildman–Crippen MR) is 150 cm³/mol. The Morgan fingerprint density at radius 3 is 2.28 bits per heavy atom. The van der Waals surface area contributed by atoms with Gasteiger partial charge in [-0.1, -0.05) is 94.6 Å². The number of rotatable bonds is 10. The van der Waals surface area contributed by atoms with E-state index in [2.05, 4.69) is 43.2 Å². The zero-order chi connectivity index (χ0) is 26.3. The van der Waals surface area contributed by atoms with Crippen LogP contribution in [0.3, 0.4) is 0 Å². The van der Waals surface area contributed by atoms with Crippen LogP contribution in [0.5, 0.6) is 0 Å². The molecule has 2 aromatic carbocycles. The molecule has 2 aromatic rings. The van der Waals surface area contributed by atoms with Gasteiger partial charge in [-0.05, 0) is 25.6 Å². The number of unbranched alkanes of at least 4 members (excludes halogenated alkanes) is 2. The van der Waals surface area contributed by atoms with Gasteiger partial charge in [0.2, 0.25) is 5.91 Å². The number of morpholine rings is 1. The van der Waals surface area contributed by atoms with Gasteiger partial charge in [0.25, 0.3) is 0 Å². The van der Waals surface area contributed by atoms with E-state index in [4.69, 9.17) is 10.5 Å². The summed E-state index contributed by atoms with van der Waals surface area (Å²) in [4.78, 5) is 16.9. The van der Waals surface area contributed by atoms with E-state index in [-0.39, 0.29) is 18.0 Å². The number of carbonyl (C=O) groups is 1. The highest BCUT2D eigenvalue weighted by molar-refractivity contribution is 5.80. The maximum Gasteiger partial charge on any atom is 0.229 e. The molecule has 1 aliphatic heterocycles. The molecule has 2 unspecified atom stereocenters. The van der Waals surface area contributed by atoms with E-state index in [1.165, 1.54) is 24.8 Å². The Bertz CT molecular complexity index is 924. The molecule has 1 amide bonds. The number of allylic oxidation sites excluding steroid dienone is 1. The number of nitrogen functional groups attached to an aromatic ring is 1. The van der Waals surface area contributed by atoms with Crippen molar-refractivity contribution in [2.45, 2.75) is 59.7 Å². The molecule has 0 aliphatic carbocycles.